The number of carbonyl (C=O) groups excluding carboxylic acids is 1. The number of nitrogens with one attached hydrogen (secondary N) is 2. The molecule has 1 amide bonds. The van der Waals surface area contributed by atoms with E-state index in [2.05, 4.69) is 19.9 Å². The molecule has 10 N–H and O–H groups in total. The Morgan fingerprint density at radius 1 is 0.932 bits per heavy atom. The number of amides is 1. The number of thiazole rings is 1. The molecule has 8 atom stereocenters. The fourth-order valence-corrected chi connectivity index (χ4v) is 8.74. The Morgan fingerprint density at radius 2 is 1.55 bits per heavy atom. The third kappa shape index (κ3) is 6.81. The molecule has 0 saturated carbocycles. The minimum Gasteiger partial charge on any atom is -0.388 e. The van der Waals surface area contributed by atoms with Gasteiger partial charge < -0.3 is 41.4 Å². The van der Waals surface area contributed by atoms with Crippen LogP contribution in [0.2, 0.25) is 0 Å². The lowest BCUT2D eigenvalue weighted by Crippen LogP contribution is -2.44. The number of carbonyl (C=O) groups is 1. The number of rotatable bonds is 12. The van der Waals surface area contributed by atoms with Gasteiger partial charge in [0.25, 0.3) is 5.91 Å². The summed E-state index contributed by atoms with van der Waals surface area (Å²) in [5.41, 5.74) is 11.5. The van der Waals surface area contributed by atoms with Crippen molar-refractivity contribution in [3.8, 4) is 0 Å². The maximum Gasteiger partial charge on any atom is 0.268 e. The van der Waals surface area contributed by atoms with Crippen LogP contribution in [0, 0.1) is 0 Å². The Bertz CT molecular complexity index is 1730. The fraction of sp³-hybridized carbons (Fsp3) is 0.571. The van der Waals surface area contributed by atoms with Gasteiger partial charge in [-0.15, -0.1) is 11.3 Å². The maximum absolute atomic E-state index is 12.6. The SMILES string of the molecule is NC(=O)c1csc(C[C@@H]2O[C@H](CNS(=O)(=O)CS(=O)(=O)NC[C@H]3O[C@@H](n4cnc5ncnc(N)c54)[C@H](O)[C@@H]3O)[C@@H](O)[C@H]2O)n1. The average Bonchev–Trinajstić information content (AvgIpc) is 3.71. The van der Waals surface area contributed by atoms with Crippen LogP contribution in [0.3, 0.4) is 0 Å². The van der Waals surface area contributed by atoms with E-state index < -0.39 is 93.1 Å². The summed E-state index contributed by atoms with van der Waals surface area (Å²) in [5.74, 6) is -0.714. The summed E-state index contributed by atoms with van der Waals surface area (Å²) in [6.07, 6.45) is -8.34. The first-order valence-corrected chi connectivity index (χ1v) is 17.0. The van der Waals surface area contributed by atoms with Gasteiger partial charge in [0.1, 0.15) is 60.5 Å². The van der Waals surface area contributed by atoms with E-state index in [4.69, 9.17) is 20.9 Å². The van der Waals surface area contributed by atoms with Crippen LogP contribution in [0.4, 0.5) is 5.82 Å². The second kappa shape index (κ2) is 12.4. The number of fused-ring (bicyclic) bond motifs is 1. The lowest BCUT2D eigenvalue weighted by molar-refractivity contribution is -0.0326. The minimum atomic E-state index is -4.54. The van der Waals surface area contributed by atoms with Crippen LogP contribution >= 0.6 is 11.3 Å². The number of ether oxygens (including phenoxy) is 2. The number of sulfonamides is 2. The molecule has 2 aliphatic rings. The zero-order chi connectivity index (χ0) is 32.0. The molecule has 3 aromatic rings. The molecule has 0 bridgehead atoms. The van der Waals surface area contributed by atoms with Gasteiger partial charge in [-0.3, -0.25) is 9.36 Å². The summed E-state index contributed by atoms with van der Waals surface area (Å²) in [5, 5.41) is 42.1. The highest BCUT2D eigenvalue weighted by molar-refractivity contribution is 8.06. The van der Waals surface area contributed by atoms with Gasteiger partial charge in [-0.2, -0.15) is 0 Å². The van der Waals surface area contributed by atoms with Gasteiger partial charge in [0.15, 0.2) is 22.8 Å². The monoisotopic (exact) mass is 679 g/mol. The van der Waals surface area contributed by atoms with Crippen molar-refractivity contribution in [3.05, 3.63) is 28.7 Å². The summed E-state index contributed by atoms with van der Waals surface area (Å²) in [6, 6.07) is 0. The molecule has 20 nitrogen and oxygen atoms in total. The van der Waals surface area contributed by atoms with Crippen molar-refractivity contribution in [2.75, 3.05) is 23.9 Å². The smallest absolute Gasteiger partial charge is 0.268 e. The number of primary amides is 1. The normalized spacial score (nSPS) is 29.5. The molecule has 3 aromatic heterocycles. The maximum atomic E-state index is 12.6. The number of aliphatic hydroxyl groups excluding tert-OH is 4. The van der Waals surface area contributed by atoms with Gasteiger partial charge in [0.05, 0.1) is 11.1 Å². The third-order valence-corrected chi connectivity index (χ3v) is 11.5. The van der Waals surface area contributed by atoms with Crippen molar-refractivity contribution in [2.45, 2.75) is 55.4 Å². The molecule has 5 rings (SSSR count). The molecule has 0 radical (unpaired) electrons. The average molecular weight is 680 g/mol. The molecule has 23 heteroatoms. The lowest BCUT2D eigenvalue weighted by atomic mass is 10.1. The van der Waals surface area contributed by atoms with E-state index in [9.17, 15) is 42.1 Å². The molecule has 0 aromatic carbocycles. The highest BCUT2D eigenvalue weighted by Gasteiger charge is 2.45. The van der Waals surface area contributed by atoms with Crippen LogP contribution in [-0.4, -0.2) is 129 Å². The Morgan fingerprint density at radius 3 is 2.18 bits per heavy atom. The third-order valence-electron chi connectivity index (χ3n) is 6.97. The second-order valence-corrected chi connectivity index (χ2v) is 15.0. The van der Waals surface area contributed by atoms with E-state index in [0.29, 0.717) is 5.01 Å². The van der Waals surface area contributed by atoms with Crippen molar-refractivity contribution in [1.82, 2.24) is 33.9 Å². The molecule has 242 valence electrons. The van der Waals surface area contributed by atoms with E-state index in [1.807, 2.05) is 9.44 Å². The molecule has 0 unspecified atom stereocenters. The van der Waals surface area contributed by atoms with Crippen LogP contribution in [0.5, 0.6) is 0 Å². The number of nitrogens with zero attached hydrogens (tertiary/aromatic N) is 5. The van der Waals surface area contributed by atoms with E-state index in [1.165, 1.54) is 22.6 Å². The van der Waals surface area contributed by atoms with E-state index >= 15 is 0 Å². The molecule has 0 aliphatic carbocycles. The van der Waals surface area contributed by atoms with Gasteiger partial charge >= 0.3 is 0 Å². The predicted octanol–water partition coefficient (Wildman–Crippen LogP) is -4.89. The molecule has 5 heterocycles. The van der Waals surface area contributed by atoms with Gasteiger partial charge in [0, 0.05) is 24.9 Å². The van der Waals surface area contributed by atoms with E-state index in [0.717, 1.165) is 11.3 Å². The Balaban J connectivity index is 1.14. The van der Waals surface area contributed by atoms with Crippen LogP contribution in [0.1, 0.15) is 21.7 Å². The van der Waals surface area contributed by atoms with E-state index in [-0.39, 0.29) is 29.1 Å². The van der Waals surface area contributed by atoms with Crippen molar-refractivity contribution >= 4 is 54.3 Å². The molecular weight excluding hydrogens is 650 g/mol. The summed E-state index contributed by atoms with van der Waals surface area (Å²) >= 11 is 1.08. The molecule has 0 spiro atoms. The zero-order valence-corrected chi connectivity index (χ0v) is 24.9. The minimum absolute atomic E-state index is 0.000594. The van der Waals surface area contributed by atoms with Crippen LogP contribution in [0.25, 0.3) is 11.2 Å². The molecule has 2 fully saturated rings. The number of aliphatic hydroxyl groups is 4. The highest BCUT2D eigenvalue weighted by atomic mass is 32.3. The van der Waals surface area contributed by atoms with Crippen LogP contribution in [0.15, 0.2) is 18.0 Å². The Labute approximate surface area is 253 Å². The van der Waals surface area contributed by atoms with Gasteiger partial charge in [-0.25, -0.2) is 46.2 Å². The summed E-state index contributed by atoms with van der Waals surface area (Å²) < 4.78 is 66.9. The largest absolute Gasteiger partial charge is 0.388 e. The summed E-state index contributed by atoms with van der Waals surface area (Å²) in [6.45, 7) is -1.17. The quantitative estimate of drug-likeness (QED) is 0.0889. The number of hydrogen-bond acceptors (Lipinski definition) is 17. The number of imidazole rings is 1. The van der Waals surface area contributed by atoms with Crippen molar-refractivity contribution < 1.29 is 51.5 Å². The lowest BCUT2D eigenvalue weighted by Gasteiger charge is -2.17. The first-order chi connectivity index (χ1) is 20.7. The first kappa shape index (κ1) is 32.4. The van der Waals surface area contributed by atoms with Gasteiger partial charge in [-0.05, 0) is 0 Å². The fourth-order valence-electron chi connectivity index (χ4n) is 4.78. The van der Waals surface area contributed by atoms with Crippen molar-refractivity contribution in [3.63, 3.8) is 0 Å². The van der Waals surface area contributed by atoms with Crippen molar-refractivity contribution in [2.24, 2.45) is 5.73 Å². The van der Waals surface area contributed by atoms with Crippen LogP contribution < -0.4 is 20.9 Å². The summed E-state index contributed by atoms with van der Waals surface area (Å²) in [4.78, 5) is 27.1. The number of nitrogen functional groups attached to an aromatic ring is 1. The number of anilines is 1. The number of aromatic nitrogens is 5. The standard InChI is InChI=1S/C21H29N9O11S3/c22-18-13-20(25-5-24-18)26-6-30(13)21-17(34)16(33)11(41-21)3-28-44(38,39)7-43(36,37)27-2-10-15(32)14(31)9(40-10)1-12-29-8(4-42-12)19(23)35/h4-6,9-11,14-17,21,27-28,31-34H,1-3,7H2,(H2,23,35)(H2,22,24,25)/t9-,10+,11+,14-,15+,16+,17+,21+/m0/s1. The topological polar surface area (TPSA) is 317 Å². The molecule has 44 heavy (non-hydrogen) atoms. The molecule has 2 saturated heterocycles. The number of hydrogen-bond donors (Lipinski definition) is 8. The zero-order valence-electron chi connectivity index (χ0n) is 22.4. The Kier molecular flexibility index (Phi) is 9.16. The highest BCUT2D eigenvalue weighted by Crippen LogP contribution is 2.32. The molecular formula is C21H29N9O11S3. The summed E-state index contributed by atoms with van der Waals surface area (Å²) in [7, 11) is -9.06. The van der Waals surface area contributed by atoms with Crippen molar-refractivity contribution in [1.29, 1.82) is 0 Å². The predicted molar refractivity (Wildman–Crippen MR) is 149 cm³/mol. The Hall–Kier alpha value is -2.97. The second-order valence-electron chi connectivity index (χ2n) is 10.1. The van der Waals surface area contributed by atoms with Gasteiger partial charge in [-0.1, -0.05) is 0 Å². The molecule has 2 aliphatic heterocycles. The number of nitrogens with two attached hydrogens (primary N) is 2. The van der Waals surface area contributed by atoms with Gasteiger partial charge in [0.2, 0.25) is 20.0 Å². The van der Waals surface area contributed by atoms with E-state index in [1.54, 1.807) is 0 Å². The first-order valence-electron chi connectivity index (χ1n) is 12.8. The van der Waals surface area contributed by atoms with Crippen LogP contribution in [-0.2, 0) is 35.9 Å².